The highest BCUT2D eigenvalue weighted by Gasteiger charge is 2.13. The lowest BCUT2D eigenvalue weighted by atomic mass is 10.0. The third kappa shape index (κ3) is 2.31. The second kappa shape index (κ2) is 5.27. The molecule has 2 rings (SSSR count). The van der Waals surface area contributed by atoms with Gasteiger partial charge in [-0.1, -0.05) is 13.3 Å². The summed E-state index contributed by atoms with van der Waals surface area (Å²) in [6.07, 6.45) is 5.70. The van der Waals surface area contributed by atoms with Crippen LogP contribution in [0.1, 0.15) is 26.1 Å². The Kier molecular flexibility index (Phi) is 3.74. The van der Waals surface area contributed by atoms with Crippen LogP contribution in [0, 0.1) is 5.92 Å². The Morgan fingerprint density at radius 1 is 1.41 bits per heavy atom. The first-order valence-electron chi connectivity index (χ1n) is 6.29. The number of hydrogen-bond acceptors (Lipinski definition) is 3. The Morgan fingerprint density at radius 2 is 2.24 bits per heavy atom. The highest BCUT2D eigenvalue weighted by atomic mass is 15.1. The average Bonchev–Trinajstić information content (AvgIpc) is 2.72. The Hall–Kier alpha value is -1.42. The molecular formula is C13H20N4. The molecule has 2 aromatic heterocycles. The predicted molar refractivity (Wildman–Crippen MR) is 69.7 cm³/mol. The Bertz CT molecular complexity index is 485. The molecule has 92 valence electrons. The second-order valence-corrected chi connectivity index (χ2v) is 4.35. The summed E-state index contributed by atoms with van der Waals surface area (Å²) < 4.78 is 2.26. The molecule has 0 aromatic carbocycles. The summed E-state index contributed by atoms with van der Waals surface area (Å²) in [5, 5.41) is 0. The molecule has 2 aromatic rings. The van der Waals surface area contributed by atoms with Crippen LogP contribution >= 0.6 is 0 Å². The van der Waals surface area contributed by atoms with E-state index >= 15 is 0 Å². The zero-order valence-electron chi connectivity index (χ0n) is 10.6. The van der Waals surface area contributed by atoms with Crippen LogP contribution in [0.2, 0.25) is 0 Å². The first-order valence-corrected chi connectivity index (χ1v) is 6.29. The van der Waals surface area contributed by atoms with E-state index in [1.807, 2.05) is 18.5 Å². The molecule has 4 heteroatoms. The summed E-state index contributed by atoms with van der Waals surface area (Å²) in [4.78, 5) is 8.78. The van der Waals surface area contributed by atoms with Gasteiger partial charge in [-0.05, 0) is 25.5 Å². The fraction of sp³-hybridized carbons (Fsp3) is 0.538. The fourth-order valence-electron chi connectivity index (χ4n) is 2.19. The number of nitrogens with zero attached hydrogens (tertiary/aromatic N) is 3. The lowest BCUT2D eigenvalue weighted by Gasteiger charge is -2.12. The normalized spacial score (nSPS) is 13.1. The van der Waals surface area contributed by atoms with E-state index < -0.39 is 0 Å². The van der Waals surface area contributed by atoms with Crippen LogP contribution in [0.3, 0.4) is 0 Å². The van der Waals surface area contributed by atoms with Gasteiger partial charge in [-0.3, -0.25) is 4.98 Å². The summed E-state index contributed by atoms with van der Waals surface area (Å²) in [5.74, 6) is 1.65. The number of nitrogens with two attached hydrogens (primary N) is 1. The maximum atomic E-state index is 5.77. The highest BCUT2D eigenvalue weighted by Crippen LogP contribution is 2.18. The molecule has 0 radical (unpaired) electrons. The standard InChI is InChI=1S/C13H20N4/c1-3-10(8-14)7-13-16-11-9-15-6-5-12(11)17(13)4-2/h5-6,9-10H,3-4,7-8,14H2,1-2H3. The minimum absolute atomic E-state index is 0.519. The number of aryl methyl sites for hydroxylation is 1. The molecule has 0 spiro atoms. The molecular weight excluding hydrogens is 212 g/mol. The zero-order valence-corrected chi connectivity index (χ0v) is 10.6. The average molecular weight is 232 g/mol. The van der Waals surface area contributed by atoms with Gasteiger partial charge in [-0.15, -0.1) is 0 Å². The Morgan fingerprint density at radius 3 is 2.88 bits per heavy atom. The Balaban J connectivity index is 2.39. The molecule has 17 heavy (non-hydrogen) atoms. The summed E-state index contributed by atoms with van der Waals surface area (Å²) >= 11 is 0. The molecule has 4 nitrogen and oxygen atoms in total. The van der Waals surface area contributed by atoms with Crippen molar-refractivity contribution in [3.63, 3.8) is 0 Å². The smallest absolute Gasteiger partial charge is 0.110 e. The summed E-state index contributed by atoms with van der Waals surface area (Å²) in [6, 6.07) is 2.03. The quantitative estimate of drug-likeness (QED) is 0.857. The van der Waals surface area contributed by atoms with Crippen molar-refractivity contribution in [1.29, 1.82) is 0 Å². The van der Waals surface area contributed by atoms with Crippen molar-refractivity contribution in [2.24, 2.45) is 11.7 Å². The summed E-state index contributed by atoms with van der Waals surface area (Å²) in [6.45, 7) is 5.99. The molecule has 2 N–H and O–H groups in total. The maximum absolute atomic E-state index is 5.77. The SMILES string of the molecule is CCC(CN)Cc1nc2cnccc2n1CC. The van der Waals surface area contributed by atoms with Crippen LogP contribution in [0.25, 0.3) is 11.0 Å². The van der Waals surface area contributed by atoms with Gasteiger partial charge in [0.15, 0.2) is 0 Å². The molecule has 2 heterocycles. The summed E-state index contributed by atoms with van der Waals surface area (Å²) in [7, 11) is 0. The van der Waals surface area contributed by atoms with Gasteiger partial charge >= 0.3 is 0 Å². The third-order valence-electron chi connectivity index (χ3n) is 3.33. The highest BCUT2D eigenvalue weighted by molar-refractivity contribution is 5.74. The predicted octanol–water partition coefficient (Wildman–Crippen LogP) is 1.98. The van der Waals surface area contributed by atoms with Crippen molar-refractivity contribution in [3.05, 3.63) is 24.3 Å². The van der Waals surface area contributed by atoms with Crippen LogP contribution < -0.4 is 5.73 Å². The largest absolute Gasteiger partial charge is 0.330 e. The van der Waals surface area contributed by atoms with Gasteiger partial charge in [0.1, 0.15) is 11.3 Å². The van der Waals surface area contributed by atoms with E-state index in [1.54, 1.807) is 0 Å². The van der Waals surface area contributed by atoms with Gasteiger partial charge < -0.3 is 10.3 Å². The van der Waals surface area contributed by atoms with Crippen molar-refractivity contribution < 1.29 is 0 Å². The number of pyridine rings is 1. The molecule has 1 unspecified atom stereocenters. The minimum Gasteiger partial charge on any atom is -0.330 e. The van der Waals surface area contributed by atoms with Crippen molar-refractivity contribution >= 4 is 11.0 Å². The van der Waals surface area contributed by atoms with Gasteiger partial charge in [0, 0.05) is 19.2 Å². The van der Waals surface area contributed by atoms with Crippen LogP contribution in [-0.2, 0) is 13.0 Å². The number of imidazole rings is 1. The van der Waals surface area contributed by atoms with Crippen molar-refractivity contribution in [1.82, 2.24) is 14.5 Å². The topological polar surface area (TPSA) is 56.7 Å². The van der Waals surface area contributed by atoms with Crippen LogP contribution in [-0.4, -0.2) is 21.1 Å². The van der Waals surface area contributed by atoms with Gasteiger partial charge in [-0.2, -0.15) is 0 Å². The molecule has 0 aliphatic carbocycles. The first kappa shape index (κ1) is 12.0. The van der Waals surface area contributed by atoms with Crippen molar-refractivity contribution in [3.8, 4) is 0 Å². The number of rotatable bonds is 5. The molecule has 0 aliphatic heterocycles. The van der Waals surface area contributed by atoms with Gasteiger partial charge in [0.05, 0.1) is 11.7 Å². The first-order chi connectivity index (χ1) is 8.30. The van der Waals surface area contributed by atoms with Crippen molar-refractivity contribution in [2.75, 3.05) is 6.54 Å². The van der Waals surface area contributed by atoms with E-state index in [0.717, 1.165) is 37.3 Å². The van der Waals surface area contributed by atoms with Crippen LogP contribution in [0.15, 0.2) is 18.5 Å². The minimum atomic E-state index is 0.519. The van der Waals surface area contributed by atoms with E-state index in [4.69, 9.17) is 5.73 Å². The molecule has 0 amide bonds. The van der Waals surface area contributed by atoms with E-state index in [2.05, 4.69) is 28.4 Å². The molecule has 0 aliphatic rings. The third-order valence-corrected chi connectivity index (χ3v) is 3.33. The molecule has 1 atom stereocenters. The molecule has 0 saturated heterocycles. The maximum Gasteiger partial charge on any atom is 0.110 e. The second-order valence-electron chi connectivity index (χ2n) is 4.35. The zero-order chi connectivity index (χ0) is 12.3. The van der Waals surface area contributed by atoms with Crippen LogP contribution in [0.5, 0.6) is 0 Å². The Labute approximate surface area is 102 Å². The van der Waals surface area contributed by atoms with E-state index in [9.17, 15) is 0 Å². The number of hydrogen-bond donors (Lipinski definition) is 1. The van der Waals surface area contributed by atoms with Crippen molar-refractivity contribution in [2.45, 2.75) is 33.2 Å². The monoisotopic (exact) mass is 232 g/mol. The van der Waals surface area contributed by atoms with E-state index in [0.29, 0.717) is 5.92 Å². The molecule has 0 fully saturated rings. The van der Waals surface area contributed by atoms with Crippen LogP contribution in [0.4, 0.5) is 0 Å². The fourth-order valence-corrected chi connectivity index (χ4v) is 2.19. The van der Waals surface area contributed by atoms with Gasteiger partial charge in [-0.25, -0.2) is 4.98 Å². The lowest BCUT2D eigenvalue weighted by molar-refractivity contribution is 0.494. The van der Waals surface area contributed by atoms with Gasteiger partial charge in [0.2, 0.25) is 0 Å². The number of aromatic nitrogens is 3. The van der Waals surface area contributed by atoms with E-state index in [1.165, 1.54) is 5.52 Å². The molecule has 0 bridgehead atoms. The molecule has 0 saturated carbocycles. The lowest BCUT2D eigenvalue weighted by Crippen LogP contribution is -2.18. The van der Waals surface area contributed by atoms with Gasteiger partial charge in [0.25, 0.3) is 0 Å². The van der Waals surface area contributed by atoms with E-state index in [-0.39, 0.29) is 0 Å². The number of fused-ring (bicyclic) bond motifs is 1. The summed E-state index contributed by atoms with van der Waals surface area (Å²) in [5.41, 5.74) is 7.92.